The van der Waals surface area contributed by atoms with Crippen molar-refractivity contribution >= 4 is 6.29 Å². The number of methoxy groups -OCH3 is 1. The number of para-hydroxylation sites is 1. The fraction of sp³-hybridized carbons (Fsp3) is 0.231. The molecule has 17 heavy (non-hydrogen) atoms. The molecule has 0 unspecified atom stereocenters. The minimum atomic E-state index is 0.514. The van der Waals surface area contributed by atoms with Crippen molar-refractivity contribution in [3.8, 4) is 5.75 Å². The summed E-state index contributed by atoms with van der Waals surface area (Å²) in [6.45, 7) is 0. The number of hydrogen-bond acceptors (Lipinski definition) is 4. The second kappa shape index (κ2) is 5.30. The van der Waals surface area contributed by atoms with Crippen LogP contribution in [-0.4, -0.2) is 18.6 Å². The van der Waals surface area contributed by atoms with Gasteiger partial charge in [0.1, 0.15) is 11.5 Å². The fourth-order valence-corrected chi connectivity index (χ4v) is 1.72. The summed E-state index contributed by atoms with van der Waals surface area (Å²) in [4.78, 5) is 10.7. The van der Waals surface area contributed by atoms with Crippen LogP contribution >= 0.6 is 0 Å². The van der Waals surface area contributed by atoms with Crippen molar-refractivity contribution in [2.24, 2.45) is 0 Å². The van der Waals surface area contributed by atoms with Crippen LogP contribution in [-0.2, 0) is 12.8 Å². The number of carbonyl (C=O) groups excluding carboxylic acids is 1. The number of ether oxygens (including phenoxy) is 1. The van der Waals surface area contributed by atoms with E-state index in [0.29, 0.717) is 17.7 Å². The van der Waals surface area contributed by atoms with Gasteiger partial charge < -0.3 is 9.26 Å². The Morgan fingerprint density at radius 2 is 2.18 bits per heavy atom. The highest BCUT2D eigenvalue weighted by atomic mass is 16.5. The summed E-state index contributed by atoms with van der Waals surface area (Å²) in [6.07, 6.45) is 3.58. The third-order valence-electron chi connectivity index (χ3n) is 2.62. The van der Waals surface area contributed by atoms with Gasteiger partial charge in [-0.1, -0.05) is 23.4 Å². The predicted octanol–water partition coefficient (Wildman–Crippen LogP) is 2.28. The lowest BCUT2D eigenvalue weighted by atomic mass is 10.1. The SMILES string of the molecule is COc1ccccc1CCc1oncc1C=O. The Balaban J connectivity index is 2.09. The second-order valence-electron chi connectivity index (χ2n) is 3.63. The van der Waals surface area contributed by atoms with Gasteiger partial charge in [-0.15, -0.1) is 0 Å². The van der Waals surface area contributed by atoms with Gasteiger partial charge in [0, 0.05) is 6.42 Å². The Labute approximate surface area is 99.2 Å². The molecule has 0 aliphatic heterocycles. The zero-order chi connectivity index (χ0) is 12.1. The molecule has 2 rings (SSSR count). The van der Waals surface area contributed by atoms with Gasteiger partial charge in [-0.25, -0.2) is 0 Å². The van der Waals surface area contributed by atoms with E-state index in [1.165, 1.54) is 6.20 Å². The first kappa shape index (κ1) is 11.4. The third kappa shape index (κ3) is 2.53. The first-order valence-electron chi connectivity index (χ1n) is 5.35. The monoisotopic (exact) mass is 231 g/mol. The molecular formula is C13H13NO3. The van der Waals surface area contributed by atoms with E-state index in [0.717, 1.165) is 24.0 Å². The number of hydrogen-bond donors (Lipinski definition) is 0. The standard InChI is InChI=1S/C13H13NO3/c1-16-12-5-3-2-4-10(12)6-7-13-11(9-15)8-14-17-13/h2-5,8-9H,6-7H2,1H3. The molecule has 88 valence electrons. The number of aromatic nitrogens is 1. The van der Waals surface area contributed by atoms with Crippen LogP contribution in [0.15, 0.2) is 35.0 Å². The van der Waals surface area contributed by atoms with Crippen molar-refractivity contribution in [1.82, 2.24) is 5.16 Å². The van der Waals surface area contributed by atoms with Crippen LogP contribution in [0, 0.1) is 0 Å². The molecule has 4 heteroatoms. The minimum Gasteiger partial charge on any atom is -0.496 e. The summed E-state index contributed by atoms with van der Waals surface area (Å²) in [7, 11) is 1.64. The molecule has 0 bridgehead atoms. The first-order chi connectivity index (χ1) is 8.35. The van der Waals surface area contributed by atoms with Crippen molar-refractivity contribution < 1.29 is 14.1 Å². The van der Waals surface area contributed by atoms with Crippen LogP contribution in [0.5, 0.6) is 5.75 Å². The summed E-state index contributed by atoms with van der Waals surface area (Å²) < 4.78 is 10.3. The lowest BCUT2D eigenvalue weighted by Gasteiger charge is -2.06. The molecule has 1 aromatic heterocycles. The zero-order valence-corrected chi connectivity index (χ0v) is 9.55. The molecule has 0 N–H and O–H groups in total. The molecule has 0 amide bonds. The lowest BCUT2D eigenvalue weighted by molar-refractivity contribution is 0.112. The summed E-state index contributed by atoms with van der Waals surface area (Å²) in [5.41, 5.74) is 1.60. The van der Waals surface area contributed by atoms with E-state index in [2.05, 4.69) is 5.16 Å². The fourth-order valence-electron chi connectivity index (χ4n) is 1.72. The van der Waals surface area contributed by atoms with Crippen LogP contribution in [0.1, 0.15) is 21.7 Å². The van der Waals surface area contributed by atoms with Crippen molar-refractivity contribution in [3.05, 3.63) is 47.3 Å². The van der Waals surface area contributed by atoms with E-state index < -0.39 is 0 Å². The Morgan fingerprint density at radius 1 is 1.35 bits per heavy atom. The number of aldehydes is 1. The zero-order valence-electron chi connectivity index (χ0n) is 9.55. The highest BCUT2D eigenvalue weighted by Gasteiger charge is 2.09. The van der Waals surface area contributed by atoms with E-state index in [1.807, 2.05) is 24.3 Å². The first-order valence-corrected chi connectivity index (χ1v) is 5.35. The molecule has 0 atom stereocenters. The quantitative estimate of drug-likeness (QED) is 0.741. The molecule has 1 aromatic carbocycles. The van der Waals surface area contributed by atoms with Crippen LogP contribution < -0.4 is 4.74 Å². The van der Waals surface area contributed by atoms with Gasteiger partial charge in [-0.3, -0.25) is 4.79 Å². The van der Waals surface area contributed by atoms with E-state index in [1.54, 1.807) is 7.11 Å². The average Bonchev–Trinajstić information content (AvgIpc) is 2.84. The molecule has 1 heterocycles. The highest BCUT2D eigenvalue weighted by Crippen LogP contribution is 2.20. The molecule has 2 aromatic rings. The van der Waals surface area contributed by atoms with Gasteiger partial charge in [0.15, 0.2) is 6.29 Å². The maximum absolute atomic E-state index is 10.7. The van der Waals surface area contributed by atoms with Gasteiger partial charge in [-0.05, 0) is 18.1 Å². The van der Waals surface area contributed by atoms with Gasteiger partial charge in [0.25, 0.3) is 0 Å². The molecule has 0 radical (unpaired) electrons. The molecule has 0 saturated heterocycles. The Bertz CT molecular complexity index is 505. The maximum Gasteiger partial charge on any atom is 0.155 e. The Morgan fingerprint density at radius 3 is 2.94 bits per heavy atom. The van der Waals surface area contributed by atoms with Crippen molar-refractivity contribution in [3.63, 3.8) is 0 Å². The van der Waals surface area contributed by atoms with Crippen molar-refractivity contribution in [2.45, 2.75) is 12.8 Å². The average molecular weight is 231 g/mol. The number of nitrogens with zero attached hydrogens (tertiary/aromatic N) is 1. The number of carbonyl (C=O) groups is 1. The number of aryl methyl sites for hydroxylation is 2. The highest BCUT2D eigenvalue weighted by molar-refractivity contribution is 5.75. The molecule has 4 nitrogen and oxygen atoms in total. The van der Waals surface area contributed by atoms with Crippen molar-refractivity contribution in [2.75, 3.05) is 7.11 Å². The molecule has 0 saturated carbocycles. The molecule has 0 aliphatic rings. The van der Waals surface area contributed by atoms with Gasteiger partial charge >= 0.3 is 0 Å². The topological polar surface area (TPSA) is 52.3 Å². The number of rotatable bonds is 5. The van der Waals surface area contributed by atoms with Crippen molar-refractivity contribution in [1.29, 1.82) is 0 Å². The third-order valence-corrected chi connectivity index (χ3v) is 2.62. The smallest absolute Gasteiger partial charge is 0.155 e. The van der Waals surface area contributed by atoms with Crippen LogP contribution in [0.4, 0.5) is 0 Å². The van der Waals surface area contributed by atoms with E-state index in [-0.39, 0.29) is 0 Å². The van der Waals surface area contributed by atoms with Gasteiger partial charge in [-0.2, -0.15) is 0 Å². The van der Waals surface area contributed by atoms with E-state index in [4.69, 9.17) is 9.26 Å². The lowest BCUT2D eigenvalue weighted by Crippen LogP contribution is -1.96. The Kier molecular flexibility index (Phi) is 3.55. The Hall–Kier alpha value is -2.10. The predicted molar refractivity (Wildman–Crippen MR) is 62.3 cm³/mol. The molecular weight excluding hydrogens is 218 g/mol. The van der Waals surface area contributed by atoms with E-state index in [9.17, 15) is 4.79 Å². The molecule has 0 fully saturated rings. The van der Waals surface area contributed by atoms with Crippen LogP contribution in [0.2, 0.25) is 0 Å². The normalized spacial score (nSPS) is 10.2. The summed E-state index contributed by atoms with van der Waals surface area (Å²) in [5, 5.41) is 3.61. The summed E-state index contributed by atoms with van der Waals surface area (Å²) in [6, 6.07) is 7.79. The van der Waals surface area contributed by atoms with E-state index >= 15 is 0 Å². The maximum atomic E-state index is 10.7. The molecule has 0 spiro atoms. The summed E-state index contributed by atoms with van der Waals surface area (Å²) in [5.74, 6) is 1.46. The minimum absolute atomic E-state index is 0.514. The second-order valence-corrected chi connectivity index (χ2v) is 3.63. The van der Waals surface area contributed by atoms with Gasteiger partial charge in [0.05, 0.1) is 18.9 Å². The molecule has 0 aliphatic carbocycles. The van der Waals surface area contributed by atoms with Crippen LogP contribution in [0.25, 0.3) is 0 Å². The summed E-state index contributed by atoms with van der Waals surface area (Å²) >= 11 is 0. The largest absolute Gasteiger partial charge is 0.496 e. The number of benzene rings is 1. The van der Waals surface area contributed by atoms with Gasteiger partial charge in [0.2, 0.25) is 0 Å². The van der Waals surface area contributed by atoms with Crippen LogP contribution in [0.3, 0.4) is 0 Å².